The van der Waals surface area contributed by atoms with Gasteiger partial charge in [0.2, 0.25) is 5.91 Å². The number of carbonyl (C=O) groups excluding carboxylic acids is 1. The monoisotopic (exact) mass is 286 g/mol. The van der Waals surface area contributed by atoms with Crippen LogP contribution in [0.2, 0.25) is 0 Å². The Labute approximate surface area is 112 Å². The lowest BCUT2D eigenvalue weighted by Gasteiger charge is -2.23. The van der Waals surface area contributed by atoms with Crippen molar-refractivity contribution in [3.63, 3.8) is 0 Å². The molecule has 19 heavy (non-hydrogen) atoms. The normalized spacial score (nSPS) is 21.5. The second-order valence-corrected chi connectivity index (χ2v) is 7.27. The molecule has 0 aliphatic carbocycles. The van der Waals surface area contributed by atoms with Gasteiger partial charge in [0, 0.05) is 18.7 Å². The van der Waals surface area contributed by atoms with Crippen molar-refractivity contribution >= 4 is 15.7 Å². The Morgan fingerprint density at radius 3 is 2.63 bits per heavy atom. The SMILES string of the molecule is Cc1noc(C)c1CC(=O)N(C)[C@H]1CCS(=O)(=O)C1. The summed E-state index contributed by atoms with van der Waals surface area (Å²) in [7, 11) is -1.32. The summed E-state index contributed by atoms with van der Waals surface area (Å²) in [4.78, 5) is 13.7. The summed E-state index contributed by atoms with van der Waals surface area (Å²) in [6.07, 6.45) is 0.723. The number of nitrogens with zero attached hydrogens (tertiary/aromatic N) is 2. The van der Waals surface area contributed by atoms with Crippen LogP contribution in [0.25, 0.3) is 0 Å². The number of hydrogen-bond acceptors (Lipinski definition) is 5. The summed E-state index contributed by atoms with van der Waals surface area (Å²) >= 11 is 0. The van der Waals surface area contributed by atoms with Crippen LogP contribution in [0.4, 0.5) is 0 Å². The van der Waals surface area contributed by atoms with Crippen LogP contribution >= 0.6 is 0 Å². The summed E-state index contributed by atoms with van der Waals surface area (Å²) in [5.74, 6) is 0.770. The van der Waals surface area contributed by atoms with Crippen molar-refractivity contribution in [2.75, 3.05) is 18.6 Å². The van der Waals surface area contributed by atoms with Crippen molar-refractivity contribution in [3.05, 3.63) is 17.0 Å². The smallest absolute Gasteiger partial charge is 0.227 e. The van der Waals surface area contributed by atoms with E-state index in [9.17, 15) is 13.2 Å². The summed E-state index contributed by atoms with van der Waals surface area (Å²) < 4.78 is 27.9. The molecule has 2 rings (SSSR count). The number of aromatic nitrogens is 1. The van der Waals surface area contributed by atoms with Crippen molar-refractivity contribution < 1.29 is 17.7 Å². The van der Waals surface area contributed by atoms with Gasteiger partial charge < -0.3 is 9.42 Å². The van der Waals surface area contributed by atoms with Gasteiger partial charge >= 0.3 is 0 Å². The third kappa shape index (κ3) is 2.97. The lowest BCUT2D eigenvalue weighted by Crippen LogP contribution is -2.38. The minimum absolute atomic E-state index is 0.0663. The Bertz CT molecular complexity index is 571. The fraction of sp³-hybridized carbons (Fsp3) is 0.667. The van der Waals surface area contributed by atoms with E-state index < -0.39 is 9.84 Å². The Morgan fingerprint density at radius 2 is 2.16 bits per heavy atom. The van der Waals surface area contributed by atoms with Crippen LogP contribution in [0, 0.1) is 13.8 Å². The average molecular weight is 286 g/mol. The highest BCUT2D eigenvalue weighted by atomic mass is 32.2. The highest BCUT2D eigenvalue weighted by Crippen LogP contribution is 2.19. The third-order valence-electron chi connectivity index (χ3n) is 3.66. The maximum absolute atomic E-state index is 12.2. The Balaban J connectivity index is 2.05. The molecule has 1 saturated heterocycles. The predicted octanol–water partition coefficient (Wildman–Crippen LogP) is 0.479. The summed E-state index contributed by atoms with van der Waals surface area (Å²) in [5, 5.41) is 3.81. The fourth-order valence-corrected chi connectivity index (χ4v) is 4.09. The number of carbonyl (C=O) groups is 1. The molecule has 0 radical (unpaired) electrons. The first-order chi connectivity index (χ1) is 8.80. The summed E-state index contributed by atoms with van der Waals surface area (Å²) in [6.45, 7) is 3.56. The van der Waals surface area contributed by atoms with Crippen LogP contribution in [0.3, 0.4) is 0 Å². The predicted molar refractivity (Wildman–Crippen MR) is 69.5 cm³/mol. The highest BCUT2D eigenvalue weighted by molar-refractivity contribution is 7.91. The quantitative estimate of drug-likeness (QED) is 0.807. The van der Waals surface area contributed by atoms with E-state index in [1.165, 1.54) is 4.90 Å². The minimum Gasteiger partial charge on any atom is -0.361 e. The molecule has 0 spiro atoms. The van der Waals surface area contributed by atoms with Gasteiger partial charge in [-0.3, -0.25) is 4.79 Å². The maximum Gasteiger partial charge on any atom is 0.227 e. The Morgan fingerprint density at radius 1 is 1.47 bits per heavy atom. The standard InChI is InChI=1S/C12H18N2O4S/c1-8-11(9(2)18-13-8)6-12(15)14(3)10-4-5-19(16,17)7-10/h10H,4-7H2,1-3H3/t10-/m0/s1. The van der Waals surface area contributed by atoms with E-state index in [1.54, 1.807) is 20.9 Å². The minimum atomic E-state index is -2.98. The van der Waals surface area contributed by atoms with Gasteiger partial charge in [-0.1, -0.05) is 5.16 Å². The van der Waals surface area contributed by atoms with Crippen LogP contribution in [0.15, 0.2) is 4.52 Å². The topological polar surface area (TPSA) is 80.5 Å². The van der Waals surface area contributed by atoms with Gasteiger partial charge in [0.05, 0.1) is 23.6 Å². The van der Waals surface area contributed by atoms with Gasteiger partial charge in [-0.2, -0.15) is 0 Å². The molecule has 0 N–H and O–H groups in total. The summed E-state index contributed by atoms with van der Waals surface area (Å²) in [6, 6.07) is -0.210. The molecule has 0 bridgehead atoms. The van der Waals surface area contributed by atoms with E-state index in [0.717, 1.165) is 5.56 Å². The molecule has 1 aliphatic rings. The van der Waals surface area contributed by atoms with Crippen molar-refractivity contribution in [3.8, 4) is 0 Å². The molecule has 0 saturated carbocycles. The van der Waals surface area contributed by atoms with E-state index >= 15 is 0 Å². The zero-order chi connectivity index (χ0) is 14.2. The zero-order valence-electron chi connectivity index (χ0n) is 11.3. The van der Waals surface area contributed by atoms with Crippen LogP contribution < -0.4 is 0 Å². The Hall–Kier alpha value is -1.37. The van der Waals surface area contributed by atoms with Crippen LogP contribution in [-0.2, 0) is 21.1 Å². The van der Waals surface area contributed by atoms with Gasteiger partial charge in [-0.25, -0.2) is 8.42 Å². The lowest BCUT2D eigenvalue weighted by molar-refractivity contribution is -0.130. The Kier molecular flexibility index (Phi) is 3.66. The van der Waals surface area contributed by atoms with Crippen molar-refractivity contribution in [2.24, 2.45) is 0 Å². The van der Waals surface area contributed by atoms with Gasteiger partial charge in [0.15, 0.2) is 9.84 Å². The van der Waals surface area contributed by atoms with E-state index in [4.69, 9.17) is 4.52 Å². The number of sulfone groups is 1. The summed E-state index contributed by atoms with van der Waals surface area (Å²) in [5.41, 5.74) is 1.50. The molecule has 106 valence electrons. The first-order valence-corrected chi connectivity index (χ1v) is 8.00. The first kappa shape index (κ1) is 14.0. The first-order valence-electron chi connectivity index (χ1n) is 6.18. The molecule has 1 fully saturated rings. The second-order valence-electron chi connectivity index (χ2n) is 5.04. The number of hydrogen-bond donors (Lipinski definition) is 0. The molecule has 1 aliphatic heterocycles. The maximum atomic E-state index is 12.2. The van der Waals surface area contributed by atoms with Crippen LogP contribution in [0.5, 0.6) is 0 Å². The molecule has 2 heterocycles. The molecule has 0 aromatic carbocycles. The molecular formula is C12H18N2O4S. The molecule has 1 aromatic heterocycles. The van der Waals surface area contributed by atoms with Gasteiger partial charge in [-0.05, 0) is 20.3 Å². The molecule has 0 unspecified atom stereocenters. The van der Waals surface area contributed by atoms with Crippen LogP contribution in [0.1, 0.15) is 23.4 Å². The molecule has 1 amide bonds. The van der Waals surface area contributed by atoms with Gasteiger partial charge in [-0.15, -0.1) is 0 Å². The van der Waals surface area contributed by atoms with Crippen molar-refractivity contribution in [2.45, 2.75) is 32.7 Å². The number of aryl methyl sites for hydroxylation is 2. The van der Waals surface area contributed by atoms with E-state index in [2.05, 4.69) is 5.16 Å². The number of rotatable bonds is 3. The molecule has 6 nitrogen and oxygen atoms in total. The fourth-order valence-electron chi connectivity index (χ4n) is 2.31. The van der Waals surface area contributed by atoms with Crippen LogP contribution in [-0.4, -0.2) is 49.0 Å². The number of likely N-dealkylation sites (N-methyl/N-ethyl adjacent to an activating group) is 1. The largest absolute Gasteiger partial charge is 0.361 e. The second kappa shape index (κ2) is 4.96. The van der Waals surface area contributed by atoms with Crippen molar-refractivity contribution in [1.29, 1.82) is 0 Å². The van der Waals surface area contributed by atoms with Crippen molar-refractivity contribution in [1.82, 2.24) is 10.1 Å². The zero-order valence-corrected chi connectivity index (χ0v) is 12.2. The molecule has 1 atom stereocenters. The number of amides is 1. The molecule has 1 aromatic rings. The lowest BCUT2D eigenvalue weighted by atomic mass is 10.1. The van der Waals surface area contributed by atoms with E-state index in [-0.39, 0.29) is 29.9 Å². The highest BCUT2D eigenvalue weighted by Gasteiger charge is 2.33. The average Bonchev–Trinajstić information content (AvgIpc) is 2.84. The van der Waals surface area contributed by atoms with Gasteiger partial charge in [0.1, 0.15) is 5.76 Å². The molecule has 7 heteroatoms. The third-order valence-corrected chi connectivity index (χ3v) is 5.41. The molecular weight excluding hydrogens is 268 g/mol. The van der Waals surface area contributed by atoms with E-state index in [1.807, 2.05) is 0 Å². The van der Waals surface area contributed by atoms with E-state index in [0.29, 0.717) is 17.9 Å². The van der Waals surface area contributed by atoms with Gasteiger partial charge in [0.25, 0.3) is 0 Å².